The molecule has 14 heteroatoms. The van der Waals surface area contributed by atoms with Gasteiger partial charge in [0.05, 0.1) is 28.0 Å². The molecule has 2 radical (unpaired) electrons. The third kappa shape index (κ3) is 18.0. The Balaban J connectivity index is 0.000000184. The molecule has 0 aliphatic heterocycles. The van der Waals surface area contributed by atoms with Crippen molar-refractivity contribution in [3.8, 4) is 113 Å². The van der Waals surface area contributed by atoms with E-state index in [1.54, 1.807) is 6.20 Å². The molecule has 0 amide bonds. The molecule has 0 saturated carbocycles. The summed E-state index contributed by atoms with van der Waals surface area (Å²) in [4.78, 5) is 59.5. The standard InChI is InChI=1S/2C46H42N5.C11H20O2.2Ir/c1-44(2,3)32-19-13-28(14-20-32)41-49-42(29-15-21-33(22-16-29)45(4,5)6)51-43(50-41)31-18-24-38-39(26-31)47-27-40(48-38)30-17-23-35-34-11-9-10-12-36(34)46(7,8)37(35)25-30;1-44(2,3)31-18-13-28(14-19-31)41-49-42(29-15-20-32(21-16-29)45(4,5)6)51-43(50-41)35-26-40(48-39-23-24-47-27-36(35)39)30-17-22-34-33-11-9-10-12-37(33)46(7,8)38(34)25-30;1-10(2,3)8(12)7-9(13)11(4,5)6;;/h2*9-16,18-27H,1-8H3;7,12H,1-6H3;;/q2*-1;;;/p+1. The molecule has 0 fully saturated rings. The fraction of sp³-hybridized carbons (Fsp3) is 0.291. The number of hydrogen-bond acceptors (Lipinski definition) is 11. The normalized spacial score (nSPS) is 13.5. The fourth-order valence-electron chi connectivity index (χ4n) is 14.8. The number of benzene rings is 9. The maximum Gasteiger partial charge on any atom is 0.325 e. The van der Waals surface area contributed by atoms with Crippen molar-refractivity contribution < 1.29 is 50.1 Å². The molecule has 5 heterocycles. The second-order valence-electron chi connectivity index (χ2n) is 37.9. The van der Waals surface area contributed by atoms with Gasteiger partial charge >= 0.3 is 5.78 Å². The van der Waals surface area contributed by atoms with Gasteiger partial charge in [0, 0.05) is 109 Å². The van der Waals surface area contributed by atoms with Gasteiger partial charge in [-0.15, -0.1) is 58.7 Å². The summed E-state index contributed by atoms with van der Waals surface area (Å²) in [6.07, 6.45) is 6.93. The summed E-state index contributed by atoms with van der Waals surface area (Å²) in [5.74, 6) is 4.09. The molecule has 598 valence electrons. The molecular weight excluding hydrogens is 1790 g/mol. The minimum atomic E-state index is -0.306. The number of aromatic nitrogens is 10. The predicted molar refractivity (Wildman–Crippen MR) is 473 cm³/mol. The molecule has 2 aliphatic carbocycles. The van der Waals surface area contributed by atoms with Crippen LogP contribution in [0.5, 0.6) is 0 Å². The zero-order valence-corrected chi connectivity index (χ0v) is 76.2. The van der Waals surface area contributed by atoms with Crippen LogP contribution in [0.2, 0.25) is 0 Å². The Labute approximate surface area is 718 Å². The summed E-state index contributed by atoms with van der Waals surface area (Å²) in [5, 5.41) is 10.5. The van der Waals surface area contributed by atoms with Crippen LogP contribution in [0.15, 0.2) is 231 Å². The summed E-state index contributed by atoms with van der Waals surface area (Å²) in [6.45, 7) is 47.2. The minimum Gasteiger partial charge on any atom is -0.511 e. The maximum atomic E-state index is 9.60. The molecule has 12 nitrogen and oxygen atoms in total. The van der Waals surface area contributed by atoms with E-state index < -0.39 is 0 Å². The van der Waals surface area contributed by atoms with Gasteiger partial charge in [0.15, 0.2) is 34.9 Å². The van der Waals surface area contributed by atoms with Gasteiger partial charge < -0.3 is 5.11 Å². The molecule has 9 aromatic carbocycles. The molecule has 14 aromatic rings. The smallest absolute Gasteiger partial charge is 0.325 e. The number of rotatable bonds is 9. The van der Waals surface area contributed by atoms with Crippen LogP contribution in [0.1, 0.15) is 197 Å². The topological polar surface area (TPSA) is 171 Å². The van der Waals surface area contributed by atoms with E-state index in [1.807, 2.05) is 78.2 Å². The third-order valence-corrected chi connectivity index (χ3v) is 22.4. The van der Waals surface area contributed by atoms with Crippen LogP contribution in [-0.4, -0.2) is 65.5 Å². The Morgan fingerprint density at radius 2 is 0.718 bits per heavy atom. The van der Waals surface area contributed by atoms with Crippen LogP contribution in [0.25, 0.3) is 135 Å². The van der Waals surface area contributed by atoms with E-state index in [0.29, 0.717) is 34.9 Å². The number of hydrogen-bond donors (Lipinski definition) is 1. The summed E-state index contributed by atoms with van der Waals surface area (Å²) in [5.41, 5.74) is 26.0. The number of nitrogens with zero attached hydrogens (tertiary/aromatic N) is 10. The second kappa shape index (κ2) is 32.4. The zero-order valence-electron chi connectivity index (χ0n) is 71.4. The van der Waals surface area contributed by atoms with E-state index >= 15 is 0 Å². The van der Waals surface area contributed by atoms with Gasteiger partial charge in [0.25, 0.3) is 0 Å². The summed E-state index contributed by atoms with van der Waals surface area (Å²) in [7, 11) is 0. The van der Waals surface area contributed by atoms with Gasteiger partial charge in [-0.2, -0.15) is 0 Å². The van der Waals surface area contributed by atoms with Crippen molar-refractivity contribution >= 4 is 27.7 Å². The van der Waals surface area contributed by atoms with Crippen molar-refractivity contribution in [1.82, 2.24) is 49.8 Å². The predicted octanol–water partition coefficient (Wildman–Crippen LogP) is 25.4. The average molecular weight is 1900 g/mol. The average Bonchev–Trinajstić information content (AvgIpc) is 1.65. The molecule has 0 saturated heterocycles. The largest absolute Gasteiger partial charge is 0.511 e. The minimum absolute atomic E-state index is 0. The first-order chi connectivity index (χ1) is 54.1. The van der Waals surface area contributed by atoms with Crippen molar-refractivity contribution in [3.63, 3.8) is 0 Å². The number of aliphatic hydroxyl groups excluding tert-OH is 1. The maximum absolute atomic E-state index is 9.60. The van der Waals surface area contributed by atoms with Crippen molar-refractivity contribution in [3.05, 3.63) is 287 Å². The monoisotopic (exact) mass is 1900 g/mol. The van der Waals surface area contributed by atoms with E-state index in [4.69, 9.17) is 44.9 Å². The van der Waals surface area contributed by atoms with E-state index in [9.17, 15) is 9.90 Å². The number of ketones is 1. The summed E-state index contributed by atoms with van der Waals surface area (Å²) < 4.78 is 0. The SMILES string of the molecule is CC(C)(C)C(=[OH+])C=C(O)C(C)(C)C.CC(C)(C)c1ccc(-c2nc(-c3ccc(C(C)(C)C)cc3)nc(-c3cc(-c4[c-]cc5c(c4)C(C)(C)c4ccccc4-5)nc4ccncc34)n2)cc1.CC(C)(C)c1ccc(-c2nc(-c3ccc(C(C)(C)C)cc3)nc(-c3ccc4nc(-c5[c-]cc6c(c5)C(C)(C)c5ccccc5-6)cnc4c3)n2)cc1.[Ir].[Ir]. The fourth-order valence-corrected chi connectivity index (χ4v) is 14.8. The number of allylic oxidation sites excluding steroid dienone is 2. The molecule has 2 N–H and O–H groups in total. The number of aliphatic hydroxyl groups is 1. The molecular formula is C103H105Ir2N10O2-. The van der Waals surface area contributed by atoms with Crippen LogP contribution in [0.3, 0.4) is 0 Å². The Morgan fingerprint density at radius 1 is 0.350 bits per heavy atom. The van der Waals surface area contributed by atoms with Crippen LogP contribution in [-0.2, 0) is 72.7 Å². The second-order valence-corrected chi connectivity index (χ2v) is 37.9. The first-order valence-corrected chi connectivity index (χ1v) is 39.9. The van der Waals surface area contributed by atoms with Gasteiger partial charge in [-0.3, -0.25) is 24.7 Å². The van der Waals surface area contributed by atoms with Gasteiger partial charge in [0.2, 0.25) is 0 Å². The molecule has 5 aromatic heterocycles. The van der Waals surface area contributed by atoms with E-state index in [0.717, 1.165) is 77.8 Å². The Kier molecular flexibility index (Phi) is 23.7. The molecule has 0 bridgehead atoms. The molecule has 0 spiro atoms. The van der Waals surface area contributed by atoms with Crippen molar-refractivity contribution in [2.75, 3.05) is 0 Å². The molecule has 0 unspecified atom stereocenters. The van der Waals surface area contributed by atoms with E-state index in [1.165, 1.54) is 72.8 Å². The Morgan fingerprint density at radius 3 is 1.11 bits per heavy atom. The van der Waals surface area contributed by atoms with Crippen LogP contribution < -0.4 is 0 Å². The van der Waals surface area contributed by atoms with Crippen LogP contribution >= 0.6 is 0 Å². The number of fused-ring (bicyclic) bond motifs is 8. The molecule has 16 rings (SSSR count). The zero-order chi connectivity index (χ0) is 82.3. The van der Waals surface area contributed by atoms with Crippen LogP contribution in [0.4, 0.5) is 0 Å². The van der Waals surface area contributed by atoms with Crippen molar-refractivity contribution in [2.45, 2.75) is 185 Å². The summed E-state index contributed by atoms with van der Waals surface area (Å²) >= 11 is 0. The van der Waals surface area contributed by atoms with Gasteiger partial charge in [0.1, 0.15) is 5.76 Å². The summed E-state index contributed by atoms with van der Waals surface area (Å²) in [6, 6.07) is 77.5. The Hall–Kier alpha value is -10.6. The van der Waals surface area contributed by atoms with Gasteiger partial charge in [-0.05, 0) is 117 Å². The molecule has 2 aliphatic rings. The molecule has 117 heavy (non-hydrogen) atoms. The van der Waals surface area contributed by atoms with E-state index in [-0.39, 0.29) is 95.1 Å². The molecule has 0 atom stereocenters. The van der Waals surface area contributed by atoms with E-state index in [2.05, 4.69) is 304 Å². The third-order valence-electron chi connectivity index (χ3n) is 22.4. The Bertz CT molecular complexity index is 5950. The van der Waals surface area contributed by atoms with Gasteiger partial charge in [-0.25, -0.2) is 29.9 Å². The van der Waals surface area contributed by atoms with Crippen molar-refractivity contribution in [2.24, 2.45) is 10.8 Å². The first kappa shape index (κ1) is 85.8. The quantitative estimate of drug-likeness (QED) is 0.0631. The van der Waals surface area contributed by atoms with Crippen LogP contribution in [0, 0.1) is 23.0 Å². The first-order valence-electron chi connectivity index (χ1n) is 39.9. The van der Waals surface area contributed by atoms with Gasteiger partial charge in [-0.1, -0.05) is 305 Å². The number of pyridine rings is 2. The number of carbonyl (C=O) groups excluding carboxylic acids is 1. The van der Waals surface area contributed by atoms with Crippen molar-refractivity contribution in [1.29, 1.82) is 0 Å².